The zero-order chi connectivity index (χ0) is 11.5. The average molecular weight is 281 g/mol. The van der Waals surface area contributed by atoms with Gasteiger partial charge in [0, 0.05) is 11.0 Å². The fourth-order valence-corrected chi connectivity index (χ4v) is 2.04. The highest BCUT2D eigenvalue weighted by molar-refractivity contribution is 9.10. The van der Waals surface area contributed by atoms with Gasteiger partial charge >= 0.3 is 6.09 Å². The van der Waals surface area contributed by atoms with Crippen LogP contribution in [0, 0.1) is 17.2 Å². The lowest BCUT2D eigenvalue weighted by Gasteiger charge is -2.29. The van der Waals surface area contributed by atoms with E-state index in [9.17, 15) is 4.79 Å². The van der Waals surface area contributed by atoms with Crippen molar-refractivity contribution in [2.24, 2.45) is 5.92 Å². The lowest BCUT2D eigenvalue weighted by atomic mass is 10.1. The molecule has 1 aliphatic rings. The minimum atomic E-state index is -0.404. The number of nitriles is 1. The van der Waals surface area contributed by atoms with Crippen molar-refractivity contribution in [3.8, 4) is 6.07 Å². The summed E-state index contributed by atoms with van der Waals surface area (Å²) in [4.78, 5) is 13.1. The number of para-hydroxylation sites is 1. The van der Waals surface area contributed by atoms with E-state index in [1.807, 2.05) is 24.3 Å². The van der Waals surface area contributed by atoms with Crippen LogP contribution in [0.1, 0.15) is 0 Å². The first kappa shape index (κ1) is 11.0. The molecule has 0 radical (unpaired) electrons. The molecule has 1 fully saturated rings. The standard InChI is InChI=1S/C11H9BrN2O2/c12-9-3-1-2-4-10(9)14-6-8(5-13)7-16-11(14)15/h1-4,8H,6-7H2. The molecule has 0 aliphatic carbocycles. The van der Waals surface area contributed by atoms with Crippen LogP contribution in [0.5, 0.6) is 0 Å². The van der Waals surface area contributed by atoms with Gasteiger partial charge in [-0.25, -0.2) is 4.79 Å². The molecule has 1 saturated heterocycles. The van der Waals surface area contributed by atoms with Crippen molar-refractivity contribution in [1.82, 2.24) is 0 Å². The van der Waals surface area contributed by atoms with Crippen molar-refractivity contribution in [2.45, 2.75) is 0 Å². The number of carbonyl (C=O) groups is 1. The third-order valence-electron chi connectivity index (χ3n) is 2.36. The zero-order valence-electron chi connectivity index (χ0n) is 8.39. The summed E-state index contributed by atoms with van der Waals surface area (Å²) in [5, 5.41) is 8.83. The van der Waals surface area contributed by atoms with Gasteiger partial charge in [0.2, 0.25) is 0 Å². The Kier molecular flexibility index (Phi) is 3.11. The largest absolute Gasteiger partial charge is 0.448 e. The number of amides is 1. The molecule has 1 unspecified atom stereocenters. The normalized spacial score (nSPS) is 20.1. The van der Waals surface area contributed by atoms with Gasteiger partial charge in [-0.15, -0.1) is 0 Å². The lowest BCUT2D eigenvalue weighted by Crippen LogP contribution is -2.42. The van der Waals surface area contributed by atoms with Crippen molar-refractivity contribution in [1.29, 1.82) is 5.26 Å². The third-order valence-corrected chi connectivity index (χ3v) is 3.03. The topological polar surface area (TPSA) is 53.3 Å². The van der Waals surface area contributed by atoms with Crippen LogP contribution >= 0.6 is 15.9 Å². The second kappa shape index (κ2) is 4.54. The molecule has 0 spiro atoms. The average Bonchev–Trinajstić information content (AvgIpc) is 2.31. The molecular weight excluding hydrogens is 272 g/mol. The quantitative estimate of drug-likeness (QED) is 0.794. The molecule has 1 aliphatic heterocycles. The SMILES string of the molecule is N#CC1COC(=O)N(c2ccccc2Br)C1. The highest BCUT2D eigenvalue weighted by Crippen LogP contribution is 2.28. The molecule has 16 heavy (non-hydrogen) atoms. The number of hydrogen-bond donors (Lipinski definition) is 0. The van der Waals surface area contributed by atoms with Gasteiger partial charge in [0.25, 0.3) is 0 Å². The second-order valence-electron chi connectivity index (χ2n) is 3.46. The van der Waals surface area contributed by atoms with E-state index in [0.717, 1.165) is 10.2 Å². The Morgan fingerprint density at radius 3 is 2.94 bits per heavy atom. The van der Waals surface area contributed by atoms with Crippen LogP contribution in [0.4, 0.5) is 10.5 Å². The van der Waals surface area contributed by atoms with Crippen LogP contribution in [0.15, 0.2) is 28.7 Å². The van der Waals surface area contributed by atoms with E-state index in [-0.39, 0.29) is 12.5 Å². The van der Waals surface area contributed by atoms with Crippen LogP contribution in [0.3, 0.4) is 0 Å². The van der Waals surface area contributed by atoms with Gasteiger partial charge in [-0.3, -0.25) is 4.90 Å². The Labute approximate surface area is 102 Å². The Bertz CT molecular complexity index is 456. The van der Waals surface area contributed by atoms with E-state index in [2.05, 4.69) is 22.0 Å². The summed E-state index contributed by atoms with van der Waals surface area (Å²) >= 11 is 3.37. The molecule has 0 saturated carbocycles. The van der Waals surface area contributed by atoms with E-state index in [1.54, 1.807) is 0 Å². The predicted octanol–water partition coefficient (Wildman–Crippen LogP) is 2.55. The van der Waals surface area contributed by atoms with Gasteiger partial charge in [0.1, 0.15) is 6.61 Å². The van der Waals surface area contributed by atoms with Crippen LogP contribution in [0.25, 0.3) is 0 Å². The van der Waals surface area contributed by atoms with Gasteiger partial charge in [0.15, 0.2) is 0 Å². The summed E-state index contributed by atoms with van der Waals surface area (Å²) in [5.74, 6) is -0.273. The molecule has 0 aromatic heterocycles. The maximum atomic E-state index is 11.6. The molecule has 1 amide bonds. The molecule has 1 aromatic carbocycles. The first-order valence-electron chi connectivity index (χ1n) is 4.81. The molecule has 2 rings (SSSR count). The first-order chi connectivity index (χ1) is 7.72. The Hall–Kier alpha value is -1.54. The monoisotopic (exact) mass is 280 g/mol. The fraction of sp³-hybridized carbons (Fsp3) is 0.273. The molecule has 0 N–H and O–H groups in total. The number of ether oxygens (including phenoxy) is 1. The number of carbonyl (C=O) groups excluding carboxylic acids is 1. The van der Waals surface area contributed by atoms with Gasteiger partial charge in [-0.1, -0.05) is 12.1 Å². The number of halogens is 1. The minimum Gasteiger partial charge on any atom is -0.448 e. The second-order valence-corrected chi connectivity index (χ2v) is 4.32. The highest BCUT2D eigenvalue weighted by atomic mass is 79.9. The molecule has 4 nitrogen and oxygen atoms in total. The van der Waals surface area contributed by atoms with Crippen molar-refractivity contribution in [2.75, 3.05) is 18.1 Å². The Balaban J connectivity index is 2.29. The van der Waals surface area contributed by atoms with E-state index in [0.29, 0.717) is 6.54 Å². The number of anilines is 1. The van der Waals surface area contributed by atoms with Crippen molar-refractivity contribution in [3.63, 3.8) is 0 Å². The van der Waals surface area contributed by atoms with Gasteiger partial charge in [-0.05, 0) is 28.1 Å². The first-order valence-corrected chi connectivity index (χ1v) is 5.60. The molecule has 1 atom stereocenters. The van der Waals surface area contributed by atoms with Crippen molar-refractivity contribution >= 4 is 27.7 Å². The number of benzene rings is 1. The van der Waals surface area contributed by atoms with Gasteiger partial charge < -0.3 is 4.74 Å². The van der Waals surface area contributed by atoms with E-state index in [1.165, 1.54) is 4.90 Å². The van der Waals surface area contributed by atoms with Gasteiger partial charge in [-0.2, -0.15) is 5.26 Å². The summed E-state index contributed by atoms with van der Waals surface area (Å²) < 4.78 is 5.76. The smallest absolute Gasteiger partial charge is 0.414 e. The summed E-state index contributed by atoms with van der Waals surface area (Å²) in [6.07, 6.45) is -0.404. The van der Waals surface area contributed by atoms with Crippen molar-refractivity contribution < 1.29 is 9.53 Å². The minimum absolute atomic E-state index is 0.177. The van der Waals surface area contributed by atoms with Crippen LogP contribution in [-0.4, -0.2) is 19.2 Å². The summed E-state index contributed by atoms with van der Waals surface area (Å²) in [7, 11) is 0. The molecule has 0 bridgehead atoms. The Morgan fingerprint density at radius 1 is 1.50 bits per heavy atom. The van der Waals surface area contributed by atoms with Crippen molar-refractivity contribution in [3.05, 3.63) is 28.7 Å². The summed E-state index contributed by atoms with van der Waals surface area (Å²) in [6, 6.07) is 9.47. The third kappa shape index (κ3) is 2.02. The van der Waals surface area contributed by atoms with E-state index < -0.39 is 6.09 Å². The van der Waals surface area contributed by atoms with Gasteiger partial charge in [0.05, 0.1) is 17.7 Å². The maximum Gasteiger partial charge on any atom is 0.414 e. The van der Waals surface area contributed by atoms with E-state index >= 15 is 0 Å². The summed E-state index contributed by atoms with van der Waals surface area (Å²) in [5.41, 5.74) is 0.729. The number of nitrogens with zero attached hydrogens (tertiary/aromatic N) is 2. The predicted molar refractivity (Wildman–Crippen MR) is 61.9 cm³/mol. The van der Waals surface area contributed by atoms with Crippen LogP contribution < -0.4 is 4.90 Å². The lowest BCUT2D eigenvalue weighted by molar-refractivity contribution is 0.127. The van der Waals surface area contributed by atoms with Crippen LogP contribution in [-0.2, 0) is 4.74 Å². The maximum absolute atomic E-state index is 11.6. The number of hydrogen-bond acceptors (Lipinski definition) is 3. The highest BCUT2D eigenvalue weighted by Gasteiger charge is 2.29. The molecule has 1 aromatic rings. The number of rotatable bonds is 1. The molecule has 1 heterocycles. The summed E-state index contributed by atoms with van der Waals surface area (Å²) in [6.45, 7) is 0.550. The van der Waals surface area contributed by atoms with Crippen LogP contribution in [0.2, 0.25) is 0 Å². The molecular formula is C11H9BrN2O2. The molecule has 5 heteroatoms. The van der Waals surface area contributed by atoms with E-state index in [4.69, 9.17) is 10.00 Å². The number of cyclic esters (lactones) is 1. The molecule has 82 valence electrons. The zero-order valence-corrected chi connectivity index (χ0v) is 9.98. The Morgan fingerprint density at radius 2 is 2.25 bits per heavy atom. The fourth-order valence-electron chi connectivity index (χ4n) is 1.54.